The SMILES string of the molecule is C=CCOC(=O)CC(C)=O.C=CCOC(=O)c1ccccc1. The van der Waals surface area contributed by atoms with E-state index in [1.807, 2.05) is 6.07 Å². The number of benzene rings is 1. The quantitative estimate of drug-likeness (QED) is 0.440. The number of rotatable bonds is 7. The Morgan fingerprint density at radius 2 is 1.55 bits per heavy atom. The van der Waals surface area contributed by atoms with Crippen LogP contribution < -0.4 is 0 Å². The van der Waals surface area contributed by atoms with E-state index in [0.717, 1.165) is 0 Å². The zero-order valence-corrected chi connectivity index (χ0v) is 12.6. The second kappa shape index (κ2) is 12.1. The largest absolute Gasteiger partial charge is 0.461 e. The minimum Gasteiger partial charge on any atom is -0.461 e. The molecular formula is C17H20O5. The van der Waals surface area contributed by atoms with Gasteiger partial charge in [-0.2, -0.15) is 0 Å². The highest BCUT2D eigenvalue weighted by atomic mass is 16.5. The van der Waals surface area contributed by atoms with Gasteiger partial charge in [0.2, 0.25) is 0 Å². The lowest BCUT2D eigenvalue weighted by Gasteiger charge is -1.99. The second-order valence-corrected chi connectivity index (χ2v) is 4.10. The first-order chi connectivity index (χ1) is 10.5. The van der Waals surface area contributed by atoms with E-state index >= 15 is 0 Å². The van der Waals surface area contributed by atoms with Gasteiger partial charge in [-0.05, 0) is 19.1 Å². The number of ketones is 1. The zero-order chi connectivity index (χ0) is 16.8. The Morgan fingerprint density at radius 3 is 2.05 bits per heavy atom. The van der Waals surface area contributed by atoms with Gasteiger partial charge in [0, 0.05) is 0 Å². The molecule has 5 nitrogen and oxygen atoms in total. The van der Waals surface area contributed by atoms with Crippen molar-refractivity contribution in [2.75, 3.05) is 13.2 Å². The summed E-state index contributed by atoms with van der Waals surface area (Å²) in [5, 5.41) is 0. The first-order valence-electron chi connectivity index (χ1n) is 6.60. The van der Waals surface area contributed by atoms with Crippen molar-refractivity contribution in [3.8, 4) is 0 Å². The molecule has 0 fully saturated rings. The number of hydrogen-bond acceptors (Lipinski definition) is 5. The Kier molecular flexibility index (Phi) is 10.6. The van der Waals surface area contributed by atoms with Crippen LogP contribution in [0.15, 0.2) is 55.6 Å². The highest BCUT2D eigenvalue weighted by molar-refractivity contribution is 5.94. The van der Waals surface area contributed by atoms with E-state index in [0.29, 0.717) is 5.56 Å². The van der Waals surface area contributed by atoms with Gasteiger partial charge in [0.1, 0.15) is 25.4 Å². The fourth-order valence-electron chi connectivity index (χ4n) is 1.20. The summed E-state index contributed by atoms with van der Waals surface area (Å²) >= 11 is 0. The normalized spacial score (nSPS) is 8.77. The zero-order valence-electron chi connectivity index (χ0n) is 12.6. The maximum Gasteiger partial charge on any atom is 0.338 e. The van der Waals surface area contributed by atoms with Crippen molar-refractivity contribution < 1.29 is 23.9 Å². The highest BCUT2D eigenvalue weighted by Crippen LogP contribution is 2.00. The molecule has 0 saturated heterocycles. The third-order valence-corrected chi connectivity index (χ3v) is 2.10. The van der Waals surface area contributed by atoms with Crippen LogP contribution in [0.25, 0.3) is 0 Å². The van der Waals surface area contributed by atoms with E-state index in [-0.39, 0.29) is 31.4 Å². The molecule has 0 saturated carbocycles. The first-order valence-corrected chi connectivity index (χ1v) is 6.60. The van der Waals surface area contributed by atoms with Crippen LogP contribution >= 0.6 is 0 Å². The summed E-state index contributed by atoms with van der Waals surface area (Å²) in [5.74, 6) is -0.989. The Labute approximate surface area is 130 Å². The van der Waals surface area contributed by atoms with Crippen LogP contribution in [-0.4, -0.2) is 30.9 Å². The lowest BCUT2D eigenvalue weighted by molar-refractivity contribution is -0.144. The van der Waals surface area contributed by atoms with E-state index in [4.69, 9.17) is 4.74 Å². The van der Waals surface area contributed by atoms with E-state index in [9.17, 15) is 14.4 Å². The minimum absolute atomic E-state index is 0.145. The average Bonchev–Trinajstić information content (AvgIpc) is 2.51. The van der Waals surface area contributed by atoms with E-state index in [1.54, 1.807) is 30.3 Å². The lowest BCUT2D eigenvalue weighted by atomic mass is 10.2. The molecule has 0 aliphatic rings. The van der Waals surface area contributed by atoms with Crippen molar-refractivity contribution >= 4 is 17.7 Å². The van der Waals surface area contributed by atoms with Crippen molar-refractivity contribution in [2.24, 2.45) is 0 Å². The van der Waals surface area contributed by atoms with Crippen LogP contribution in [0.5, 0.6) is 0 Å². The average molecular weight is 304 g/mol. The molecule has 0 atom stereocenters. The predicted octanol–water partition coefficient (Wildman–Crippen LogP) is 2.72. The van der Waals surface area contributed by atoms with Gasteiger partial charge in [0.05, 0.1) is 5.56 Å². The number of carbonyl (C=O) groups excluding carboxylic acids is 3. The van der Waals surface area contributed by atoms with Gasteiger partial charge in [0.25, 0.3) is 0 Å². The Hall–Kier alpha value is -2.69. The van der Waals surface area contributed by atoms with Crippen molar-refractivity contribution in [2.45, 2.75) is 13.3 Å². The summed E-state index contributed by atoms with van der Waals surface area (Å²) in [6, 6.07) is 8.87. The smallest absolute Gasteiger partial charge is 0.338 e. The Morgan fingerprint density at radius 1 is 1.00 bits per heavy atom. The molecule has 0 spiro atoms. The van der Waals surface area contributed by atoms with E-state index in [1.165, 1.54) is 13.0 Å². The van der Waals surface area contributed by atoms with Crippen LogP contribution in [0.4, 0.5) is 0 Å². The molecule has 0 amide bonds. The molecule has 0 aliphatic heterocycles. The van der Waals surface area contributed by atoms with Gasteiger partial charge >= 0.3 is 11.9 Å². The standard InChI is InChI=1S/C10H10O2.C7H10O3/c1-2-8-12-10(11)9-6-4-3-5-7-9;1-3-4-10-7(9)5-6(2)8/h2-7H,1,8H2;3H,1,4-5H2,2H3. The molecule has 0 radical (unpaired) electrons. The predicted molar refractivity (Wildman–Crippen MR) is 83.4 cm³/mol. The minimum atomic E-state index is -0.493. The topological polar surface area (TPSA) is 69.7 Å². The number of ether oxygens (including phenoxy) is 2. The van der Waals surface area contributed by atoms with Crippen LogP contribution in [0.2, 0.25) is 0 Å². The van der Waals surface area contributed by atoms with E-state index in [2.05, 4.69) is 17.9 Å². The molecule has 0 bridgehead atoms. The molecular weight excluding hydrogens is 284 g/mol. The summed E-state index contributed by atoms with van der Waals surface area (Å²) in [5.41, 5.74) is 0.569. The fourth-order valence-corrected chi connectivity index (χ4v) is 1.20. The third-order valence-electron chi connectivity index (χ3n) is 2.10. The highest BCUT2D eigenvalue weighted by Gasteiger charge is 2.04. The fraction of sp³-hybridized carbons (Fsp3) is 0.235. The van der Waals surface area contributed by atoms with Gasteiger partial charge < -0.3 is 9.47 Å². The number of Topliss-reactive ketones (excluding diaryl/α,β-unsaturated/α-hetero) is 1. The summed E-state index contributed by atoms with van der Waals surface area (Å²) in [6.07, 6.45) is 2.85. The molecule has 22 heavy (non-hydrogen) atoms. The maximum atomic E-state index is 11.1. The lowest BCUT2D eigenvalue weighted by Crippen LogP contribution is -2.08. The Bertz CT molecular complexity index is 505. The Balaban J connectivity index is 0.000000409. The summed E-state index contributed by atoms with van der Waals surface area (Å²) in [6.45, 7) is 8.57. The molecule has 5 heteroatoms. The van der Waals surface area contributed by atoms with Gasteiger partial charge in [-0.3, -0.25) is 9.59 Å². The molecule has 0 aliphatic carbocycles. The summed E-state index contributed by atoms with van der Waals surface area (Å²) < 4.78 is 9.34. The second-order valence-electron chi connectivity index (χ2n) is 4.10. The van der Waals surface area contributed by atoms with Crippen molar-refractivity contribution in [1.29, 1.82) is 0 Å². The number of hydrogen-bond donors (Lipinski definition) is 0. The van der Waals surface area contributed by atoms with Crippen LogP contribution in [0.1, 0.15) is 23.7 Å². The molecule has 1 aromatic carbocycles. The monoisotopic (exact) mass is 304 g/mol. The van der Waals surface area contributed by atoms with Gasteiger partial charge in [-0.1, -0.05) is 43.5 Å². The van der Waals surface area contributed by atoms with Gasteiger partial charge in [0.15, 0.2) is 0 Å². The van der Waals surface area contributed by atoms with Crippen molar-refractivity contribution in [1.82, 2.24) is 0 Å². The molecule has 118 valence electrons. The first kappa shape index (κ1) is 19.3. The molecule has 1 rings (SSSR count). The summed E-state index contributed by atoms with van der Waals surface area (Å²) in [4.78, 5) is 31.9. The van der Waals surface area contributed by atoms with Crippen molar-refractivity contribution in [3.63, 3.8) is 0 Å². The van der Waals surface area contributed by atoms with Crippen LogP contribution in [-0.2, 0) is 19.1 Å². The molecule has 0 N–H and O–H groups in total. The molecule has 0 unspecified atom stereocenters. The van der Waals surface area contributed by atoms with Crippen molar-refractivity contribution in [3.05, 3.63) is 61.2 Å². The molecule has 0 aromatic heterocycles. The number of esters is 2. The molecule has 1 aromatic rings. The number of carbonyl (C=O) groups is 3. The maximum absolute atomic E-state index is 11.1. The molecule has 0 heterocycles. The van der Waals surface area contributed by atoms with Gasteiger partial charge in [-0.15, -0.1) is 0 Å². The third kappa shape index (κ3) is 10.1. The summed E-state index contributed by atoms with van der Waals surface area (Å²) in [7, 11) is 0. The van der Waals surface area contributed by atoms with Crippen LogP contribution in [0.3, 0.4) is 0 Å². The van der Waals surface area contributed by atoms with E-state index < -0.39 is 5.97 Å². The van der Waals surface area contributed by atoms with Gasteiger partial charge in [-0.25, -0.2) is 4.79 Å². The van der Waals surface area contributed by atoms with Crippen LogP contribution in [0, 0.1) is 0 Å².